The number of carbonyl (C=O) groups excluding carboxylic acids is 1. The number of hydrogen-bond donors (Lipinski definition) is 0. The number of aryl methyl sites for hydroxylation is 1. The molecule has 6 nitrogen and oxygen atoms in total. The molecule has 0 fully saturated rings. The third kappa shape index (κ3) is 5.14. The Hall–Kier alpha value is -3.68. The fourth-order valence-electron chi connectivity index (χ4n) is 6.73. The monoisotopic (exact) mass is 677 g/mol. The largest absolute Gasteiger partial charge is 0.409 e. The summed E-state index contributed by atoms with van der Waals surface area (Å²) in [4.78, 5) is 15.5. The van der Waals surface area contributed by atoms with Crippen molar-refractivity contribution in [1.82, 2.24) is 0 Å². The zero-order valence-electron chi connectivity index (χ0n) is 24.7. The Bertz CT molecular complexity index is 1990. The number of ether oxygens (including phenoxy) is 1. The van der Waals surface area contributed by atoms with Gasteiger partial charge in [-0.1, -0.05) is 46.4 Å². The molecule has 45 heavy (non-hydrogen) atoms. The number of benzene rings is 2. The first-order valence-corrected chi connectivity index (χ1v) is 16.0. The highest BCUT2D eigenvalue weighted by molar-refractivity contribution is 6.37. The standard InChI is InChI=1S/C35H29Cl4N4O2/c1-20-14-21(36)16-26(38)31(20)29-9-5-7-12-42(29)33(34-43-13-10-23(40(2)3)18-30(43)35(44)45-34)25-19-41-11-6-4-8-28(41)32-24(25)15-22(37)17-27(32)39/h4-18,25,33-34H,19H2,1-3H3/q+3. The van der Waals surface area contributed by atoms with Crippen LogP contribution in [0.2, 0.25) is 20.1 Å². The van der Waals surface area contributed by atoms with Gasteiger partial charge < -0.3 is 9.64 Å². The summed E-state index contributed by atoms with van der Waals surface area (Å²) in [5, 5.41) is 2.18. The molecule has 10 heteroatoms. The maximum Gasteiger partial charge on any atom is 0.409 e. The molecule has 0 N–H and O–H groups in total. The minimum atomic E-state index is -0.706. The number of carbonyl (C=O) groups is 1. The second-order valence-electron chi connectivity index (χ2n) is 11.6. The van der Waals surface area contributed by atoms with Crippen LogP contribution in [-0.2, 0) is 11.3 Å². The van der Waals surface area contributed by atoms with Crippen molar-refractivity contribution in [2.45, 2.75) is 31.7 Å². The lowest BCUT2D eigenvalue weighted by molar-refractivity contribution is -0.836. The van der Waals surface area contributed by atoms with Crippen molar-refractivity contribution < 1.29 is 23.2 Å². The van der Waals surface area contributed by atoms with E-state index in [9.17, 15) is 4.79 Å². The first-order valence-electron chi connectivity index (χ1n) is 14.5. The van der Waals surface area contributed by atoms with Crippen LogP contribution in [0, 0.1) is 6.92 Å². The minimum absolute atomic E-state index is 0.238. The predicted octanol–water partition coefficient (Wildman–Crippen LogP) is 7.58. The Morgan fingerprint density at radius 2 is 1.49 bits per heavy atom. The Balaban J connectivity index is 1.51. The summed E-state index contributed by atoms with van der Waals surface area (Å²) < 4.78 is 12.6. The number of esters is 1. The number of halogens is 4. The smallest absolute Gasteiger partial charge is 0.388 e. The second kappa shape index (κ2) is 11.6. The van der Waals surface area contributed by atoms with Gasteiger partial charge in [-0.3, -0.25) is 0 Å². The van der Waals surface area contributed by atoms with Crippen LogP contribution in [0.4, 0.5) is 5.69 Å². The first kappa shape index (κ1) is 30.0. The topological polar surface area (TPSA) is 41.2 Å². The lowest BCUT2D eigenvalue weighted by Gasteiger charge is -2.29. The number of cyclic esters (lactones) is 1. The Morgan fingerprint density at radius 1 is 0.800 bits per heavy atom. The van der Waals surface area contributed by atoms with Crippen molar-refractivity contribution in [2.24, 2.45) is 0 Å². The SMILES string of the molecule is Cc1cc(Cl)cc(Cl)c1-c1cccc[n+]1C(C1C[n+]2ccccc2-c2c(Cl)cc(Cl)cc21)C1OC(=O)c2cc(N(C)C)cc[n+]21. The number of anilines is 1. The van der Waals surface area contributed by atoms with E-state index in [-0.39, 0.29) is 11.9 Å². The van der Waals surface area contributed by atoms with Gasteiger partial charge >= 0.3 is 12.2 Å². The molecule has 5 aromatic rings. The molecular formula is C35H29Cl4N4O2+3. The molecule has 0 saturated heterocycles. The molecule has 0 saturated carbocycles. The predicted molar refractivity (Wildman–Crippen MR) is 176 cm³/mol. The highest BCUT2D eigenvalue weighted by Gasteiger charge is 2.56. The van der Waals surface area contributed by atoms with Gasteiger partial charge in [0.25, 0.3) is 11.7 Å². The highest BCUT2D eigenvalue weighted by atomic mass is 35.5. The van der Waals surface area contributed by atoms with Crippen LogP contribution in [0.1, 0.15) is 39.8 Å². The molecule has 0 aliphatic carbocycles. The van der Waals surface area contributed by atoms with E-state index in [2.05, 4.69) is 21.4 Å². The van der Waals surface area contributed by atoms with Crippen LogP contribution >= 0.6 is 46.4 Å². The lowest BCUT2D eigenvalue weighted by atomic mass is 9.82. The number of hydrogen-bond acceptors (Lipinski definition) is 3. The van der Waals surface area contributed by atoms with E-state index >= 15 is 0 Å². The molecule has 3 atom stereocenters. The van der Waals surface area contributed by atoms with E-state index in [1.807, 2.05) is 97.5 Å². The molecule has 3 aromatic heterocycles. The van der Waals surface area contributed by atoms with Crippen LogP contribution in [0.25, 0.3) is 22.5 Å². The number of pyridine rings is 3. The van der Waals surface area contributed by atoms with Crippen molar-refractivity contribution in [3.8, 4) is 22.5 Å². The molecule has 5 heterocycles. The Labute approximate surface area is 281 Å². The zero-order valence-corrected chi connectivity index (χ0v) is 27.7. The molecule has 2 aliphatic heterocycles. The normalized spacial score (nSPS) is 17.3. The lowest BCUT2D eigenvalue weighted by Crippen LogP contribution is -2.58. The van der Waals surface area contributed by atoms with E-state index < -0.39 is 12.3 Å². The van der Waals surface area contributed by atoms with Crippen LogP contribution in [0.15, 0.2) is 91.4 Å². The van der Waals surface area contributed by atoms with Gasteiger partial charge in [-0.15, -0.1) is 4.57 Å². The van der Waals surface area contributed by atoms with Crippen molar-refractivity contribution in [3.05, 3.63) is 128 Å². The van der Waals surface area contributed by atoms with Gasteiger partial charge in [0.15, 0.2) is 25.1 Å². The fraction of sp³-hybridized carbons (Fsp3) is 0.200. The Kier molecular flexibility index (Phi) is 7.73. The van der Waals surface area contributed by atoms with E-state index in [4.69, 9.17) is 51.1 Å². The third-order valence-electron chi connectivity index (χ3n) is 8.70. The molecule has 2 aromatic carbocycles. The van der Waals surface area contributed by atoms with Gasteiger partial charge in [-0.25, -0.2) is 4.79 Å². The average molecular weight is 679 g/mol. The van der Waals surface area contributed by atoms with Crippen LogP contribution < -0.4 is 18.6 Å². The van der Waals surface area contributed by atoms with E-state index in [1.165, 1.54) is 0 Å². The summed E-state index contributed by atoms with van der Waals surface area (Å²) in [6.45, 7) is 2.57. The van der Waals surface area contributed by atoms with Crippen molar-refractivity contribution in [3.63, 3.8) is 0 Å². The molecule has 0 bridgehead atoms. The number of fused-ring (bicyclic) bond motifs is 4. The number of aromatic nitrogens is 3. The molecule has 226 valence electrons. The molecule has 0 amide bonds. The highest BCUT2D eigenvalue weighted by Crippen LogP contribution is 2.46. The molecule has 0 radical (unpaired) electrons. The van der Waals surface area contributed by atoms with Crippen LogP contribution in [0.5, 0.6) is 0 Å². The third-order valence-corrected chi connectivity index (χ3v) is 9.73. The molecule has 0 spiro atoms. The molecular weight excluding hydrogens is 650 g/mol. The summed E-state index contributed by atoms with van der Waals surface area (Å²) in [6.07, 6.45) is 5.28. The second-order valence-corrected chi connectivity index (χ2v) is 13.3. The van der Waals surface area contributed by atoms with Crippen molar-refractivity contribution in [1.29, 1.82) is 0 Å². The maximum absolute atomic E-state index is 13.6. The van der Waals surface area contributed by atoms with Gasteiger partial charge in [0.05, 0.1) is 21.2 Å². The van der Waals surface area contributed by atoms with Crippen LogP contribution in [0.3, 0.4) is 0 Å². The minimum Gasteiger partial charge on any atom is -0.388 e. The Morgan fingerprint density at radius 3 is 2.22 bits per heavy atom. The van der Waals surface area contributed by atoms with Gasteiger partial charge in [0, 0.05) is 66.2 Å². The van der Waals surface area contributed by atoms with Crippen LogP contribution in [-0.4, -0.2) is 20.1 Å². The van der Waals surface area contributed by atoms with Gasteiger partial charge in [0.1, 0.15) is 5.92 Å². The van der Waals surface area contributed by atoms with Gasteiger partial charge in [0.2, 0.25) is 11.4 Å². The molecule has 7 rings (SSSR count). The van der Waals surface area contributed by atoms with E-state index in [0.717, 1.165) is 39.3 Å². The summed E-state index contributed by atoms with van der Waals surface area (Å²) >= 11 is 26.9. The maximum atomic E-state index is 13.6. The quantitative estimate of drug-likeness (QED) is 0.142. The molecule has 3 unspecified atom stereocenters. The average Bonchev–Trinajstić information content (AvgIpc) is 3.32. The first-order chi connectivity index (χ1) is 21.6. The summed E-state index contributed by atoms with van der Waals surface area (Å²) in [5.74, 6) is -0.626. The zero-order chi connectivity index (χ0) is 31.6. The number of rotatable bonds is 5. The molecule has 2 aliphatic rings. The van der Waals surface area contributed by atoms with Crippen molar-refractivity contribution in [2.75, 3.05) is 19.0 Å². The fourth-order valence-corrected chi connectivity index (χ4v) is 8.03. The summed E-state index contributed by atoms with van der Waals surface area (Å²) in [6, 6.07) is 22.9. The summed E-state index contributed by atoms with van der Waals surface area (Å²) in [7, 11) is 3.89. The van der Waals surface area contributed by atoms with E-state index in [0.29, 0.717) is 32.3 Å². The van der Waals surface area contributed by atoms with E-state index in [1.54, 1.807) is 12.1 Å². The number of nitrogens with zero attached hydrogens (tertiary/aromatic N) is 4. The summed E-state index contributed by atoms with van der Waals surface area (Å²) in [5.41, 5.74) is 6.87. The van der Waals surface area contributed by atoms with Gasteiger partial charge in [-0.2, -0.15) is 9.13 Å². The van der Waals surface area contributed by atoms with Crippen molar-refractivity contribution >= 4 is 58.1 Å². The van der Waals surface area contributed by atoms with Gasteiger partial charge in [-0.05, 0) is 54.4 Å².